The molecule has 1 aromatic carbocycles. The van der Waals surface area contributed by atoms with E-state index in [0.29, 0.717) is 12.2 Å². The number of benzene rings is 1. The average molecular weight is 290 g/mol. The highest BCUT2D eigenvalue weighted by Crippen LogP contribution is 2.16. The zero-order valence-corrected chi connectivity index (χ0v) is 13.7. The second-order valence-electron chi connectivity index (χ2n) is 5.74. The third kappa shape index (κ3) is 8.54. The molecule has 21 heavy (non-hydrogen) atoms. The van der Waals surface area contributed by atoms with Gasteiger partial charge in [0.2, 0.25) is 0 Å². The Hall–Kier alpha value is -1.31. The lowest BCUT2D eigenvalue weighted by molar-refractivity contribution is -0.134. The molecule has 2 nitrogen and oxygen atoms in total. The van der Waals surface area contributed by atoms with Gasteiger partial charge in [0.05, 0.1) is 0 Å². The predicted molar refractivity (Wildman–Crippen MR) is 88.7 cm³/mol. The van der Waals surface area contributed by atoms with Crippen molar-refractivity contribution in [3.63, 3.8) is 0 Å². The summed E-state index contributed by atoms with van der Waals surface area (Å²) in [5, 5.41) is 0. The fourth-order valence-corrected chi connectivity index (χ4v) is 2.40. The second kappa shape index (κ2) is 11.4. The van der Waals surface area contributed by atoms with Crippen molar-refractivity contribution in [3.05, 3.63) is 29.8 Å². The van der Waals surface area contributed by atoms with Gasteiger partial charge in [-0.15, -0.1) is 0 Å². The van der Waals surface area contributed by atoms with Crippen LogP contribution in [-0.4, -0.2) is 5.97 Å². The molecule has 0 N–H and O–H groups in total. The minimum Gasteiger partial charge on any atom is -0.427 e. The number of hydrogen-bond acceptors (Lipinski definition) is 2. The molecule has 2 heteroatoms. The Labute approximate surface area is 129 Å². The van der Waals surface area contributed by atoms with Gasteiger partial charge >= 0.3 is 5.97 Å². The maximum absolute atomic E-state index is 11.4. The molecule has 118 valence electrons. The van der Waals surface area contributed by atoms with Gasteiger partial charge < -0.3 is 4.74 Å². The summed E-state index contributed by atoms with van der Waals surface area (Å²) in [6.45, 7) is 4.23. The van der Waals surface area contributed by atoms with Crippen LogP contribution in [0.1, 0.15) is 77.2 Å². The molecule has 0 spiro atoms. The lowest BCUT2D eigenvalue weighted by Crippen LogP contribution is -2.06. The molecule has 0 aliphatic heterocycles. The van der Waals surface area contributed by atoms with Gasteiger partial charge in [-0.25, -0.2) is 0 Å². The Morgan fingerprint density at radius 1 is 0.857 bits per heavy atom. The molecule has 0 radical (unpaired) electrons. The van der Waals surface area contributed by atoms with Gasteiger partial charge in [0.15, 0.2) is 0 Å². The first-order valence-corrected chi connectivity index (χ1v) is 8.56. The molecule has 0 saturated heterocycles. The van der Waals surface area contributed by atoms with E-state index in [1.54, 1.807) is 0 Å². The summed E-state index contributed by atoms with van der Waals surface area (Å²) in [6.07, 6.45) is 11.8. The van der Waals surface area contributed by atoms with Crippen LogP contribution in [0.4, 0.5) is 0 Å². The number of rotatable bonds is 11. The summed E-state index contributed by atoms with van der Waals surface area (Å²) in [7, 11) is 0. The van der Waals surface area contributed by atoms with Crippen LogP contribution in [0.3, 0.4) is 0 Å². The summed E-state index contributed by atoms with van der Waals surface area (Å²) in [6, 6.07) is 7.96. The van der Waals surface area contributed by atoms with Crippen LogP contribution in [0, 0.1) is 0 Å². The number of esters is 1. The topological polar surface area (TPSA) is 26.3 Å². The highest BCUT2D eigenvalue weighted by atomic mass is 16.5. The van der Waals surface area contributed by atoms with E-state index in [4.69, 9.17) is 4.74 Å². The molecule has 0 heterocycles. The minimum atomic E-state index is -0.141. The van der Waals surface area contributed by atoms with E-state index < -0.39 is 0 Å². The number of carbonyl (C=O) groups is 1. The Balaban J connectivity index is 2.17. The van der Waals surface area contributed by atoms with E-state index in [9.17, 15) is 4.79 Å². The van der Waals surface area contributed by atoms with Gasteiger partial charge in [0, 0.05) is 6.42 Å². The van der Waals surface area contributed by atoms with Gasteiger partial charge in [0.25, 0.3) is 0 Å². The molecule has 0 aliphatic rings. The zero-order chi connectivity index (χ0) is 15.3. The molecule has 0 aromatic heterocycles. The summed E-state index contributed by atoms with van der Waals surface area (Å²) < 4.78 is 5.25. The highest BCUT2D eigenvalue weighted by Gasteiger charge is 2.03. The van der Waals surface area contributed by atoms with Gasteiger partial charge in [-0.2, -0.15) is 0 Å². The Kier molecular flexibility index (Phi) is 9.60. The molecule has 1 aromatic rings. The molecule has 0 atom stereocenters. The smallest absolute Gasteiger partial charge is 0.311 e. The fraction of sp³-hybridized carbons (Fsp3) is 0.632. The fourth-order valence-electron chi connectivity index (χ4n) is 2.40. The van der Waals surface area contributed by atoms with Gasteiger partial charge in [-0.05, 0) is 37.0 Å². The van der Waals surface area contributed by atoms with Crippen LogP contribution in [0.25, 0.3) is 0 Å². The Bertz CT molecular complexity index is 381. The van der Waals surface area contributed by atoms with Gasteiger partial charge in [0.1, 0.15) is 5.75 Å². The molecule has 0 aliphatic carbocycles. The molecular weight excluding hydrogens is 260 g/mol. The zero-order valence-electron chi connectivity index (χ0n) is 13.7. The highest BCUT2D eigenvalue weighted by molar-refractivity contribution is 5.72. The second-order valence-corrected chi connectivity index (χ2v) is 5.74. The van der Waals surface area contributed by atoms with Crippen LogP contribution in [0.5, 0.6) is 5.75 Å². The largest absolute Gasteiger partial charge is 0.427 e. The number of aryl methyl sites for hydroxylation is 1. The van der Waals surface area contributed by atoms with E-state index in [2.05, 4.69) is 19.1 Å². The average Bonchev–Trinajstić information content (AvgIpc) is 2.48. The normalized spacial score (nSPS) is 10.6. The Morgan fingerprint density at radius 2 is 1.48 bits per heavy atom. The van der Waals surface area contributed by atoms with Crippen molar-refractivity contribution in [1.29, 1.82) is 0 Å². The van der Waals surface area contributed by atoms with Gasteiger partial charge in [-0.3, -0.25) is 4.79 Å². The van der Waals surface area contributed by atoms with Crippen molar-refractivity contribution < 1.29 is 9.53 Å². The lowest BCUT2D eigenvalue weighted by Gasteiger charge is -2.05. The van der Waals surface area contributed by atoms with Crippen LogP contribution >= 0.6 is 0 Å². The molecule has 1 rings (SSSR count). The van der Waals surface area contributed by atoms with Crippen LogP contribution < -0.4 is 4.74 Å². The number of unbranched alkanes of at least 4 members (excludes halogenated alkanes) is 6. The van der Waals surface area contributed by atoms with Gasteiger partial charge in [-0.1, -0.05) is 64.5 Å². The molecule has 0 bridgehead atoms. The molecule has 0 saturated carbocycles. The van der Waals surface area contributed by atoms with Crippen LogP contribution in [0.15, 0.2) is 24.3 Å². The molecule has 0 unspecified atom stereocenters. The number of carbonyl (C=O) groups excluding carboxylic acids is 1. The predicted octanol–water partition coefficient (Wildman–Crippen LogP) is 5.69. The summed E-state index contributed by atoms with van der Waals surface area (Å²) in [5.74, 6) is 0.522. The van der Waals surface area contributed by atoms with Crippen molar-refractivity contribution in [1.82, 2.24) is 0 Å². The van der Waals surface area contributed by atoms with E-state index >= 15 is 0 Å². The third-order valence-electron chi connectivity index (χ3n) is 3.68. The number of ether oxygens (including phenoxy) is 1. The summed E-state index contributed by atoms with van der Waals surface area (Å²) in [4.78, 5) is 11.4. The first-order chi connectivity index (χ1) is 10.3. The van der Waals surface area contributed by atoms with Crippen molar-refractivity contribution in [2.45, 2.75) is 78.1 Å². The molecule has 0 fully saturated rings. The van der Waals surface area contributed by atoms with E-state index in [-0.39, 0.29) is 5.97 Å². The van der Waals surface area contributed by atoms with E-state index in [1.807, 2.05) is 19.1 Å². The maximum Gasteiger partial charge on any atom is 0.311 e. The first kappa shape index (κ1) is 17.7. The summed E-state index contributed by atoms with van der Waals surface area (Å²) in [5.41, 5.74) is 1.33. The SMILES string of the molecule is CCCCCCCCCc1ccc(OC(=O)CCC)cc1. The van der Waals surface area contributed by atoms with E-state index in [1.165, 1.54) is 50.5 Å². The van der Waals surface area contributed by atoms with Crippen molar-refractivity contribution in [2.75, 3.05) is 0 Å². The summed E-state index contributed by atoms with van der Waals surface area (Å²) >= 11 is 0. The number of hydrogen-bond donors (Lipinski definition) is 0. The molecule has 0 amide bonds. The monoisotopic (exact) mass is 290 g/mol. The minimum absolute atomic E-state index is 0.141. The van der Waals surface area contributed by atoms with Crippen LogP contribution in [0.2, 0.25) is 0 Å². The third-order valence-corrected chi connectivity index (χ3v) is 3.68. The van der Waals surface area contributed by atoms with Crippen molar-refractivity contribution in [2.24, 2.45) is 0 Å². The lowest BCUT2D eigenvalue weighted by atomic mass is 10.0. The van der Waals surface area contributed by atoms with Crippen molar-refractivity contribution in [3.8, 4) is 5.75 Å². The van der Waals surface area contributed by atoms with Crippen molar-refractivity contribution >= 4 is 5.97 Å². The molecular formula is C19H30O2. The van der Waals surface area contributed by atoms with Crippen LogP contribution in [-0.2, 0) is 11.2 Å². The quantitative estimate of drug-likeness (QED) is 0.297. The maximum atomic E-state index is 11.4. The standard InChI is InChI=1S/C19H30O2/c1-3-5-6-7-8-9-10-12-17-13-15-18(16-14-17)21-19(20)11-4-2/h13-16H,3-12H2,1-2H3. The Morgan fingerprint density at radius 3 is 2.10 bits per heavy atom. The first-order valence-electron chi connectivity index (χ1n) is 8.56. The van der Waals surface area contributed by atoms with E-state index in [0.717, 1.165) is 12.8 Å².